The van der Waals surface area contributed by atoms with Crippen LogP contribution in [0.25, 0.3) is 0 Å². The Hall–Kier alpha value is -0.530. The van der Waals surface area contributed by atoms with Crippen molar-refractivity contribution in [3.8, 4) is 0 Å². The Morgan fingerprint density at radius 2 is 0.756 bits per heavy atom. The summed E-state index contributed by atoms with van der Waals surface area (Å²) in [5.41, 5.74) is 0. The molecule has 0 saturated heterocycles. The average Bonchev–Trinajstić information content (AvgIpc) is 2.98. The minimum Gasteiger partial charge on any atom is -0.466 e. The summed E-state index contributed by atoms with van der Waals surface area (Å²) in [4.78, 5) is 11.9. The van der Waals surface area contributed by atoms with Crippen molar-refractivity contribution < 1.29 is 9.53 Å². The standard InChI is InChI=1S/C39H78O2/c1-4-6-7-8-9-23-27-30-33-36-39(40)41-37-34-31-28-25-22-20-18-16-14-12-10-11-13-15-17-19-21-24-26-29-32-35-38(3)5-2/h38H,4-37H2,1-3H3. The van der Waals surface area contributed by atoms with Crippen LogP contribution in [0.5, 0.6) is 0 Å². The van der Waals surface area contributed by atoms with Crippen LogP contribution in [0.4, 0.5) is 0 Å². The third-order valence-corrected chi connectivity index (χ3v) is 9.29. The highest BCUT2D eigenvalue weighted by Gasteiger charge is 2.03. The molecule has 41 heavy (non-hydrogen) atoms. The summed E-state index contributed by atoms with van der Waals surface area (Å²) in [6, 6.07) is 0. The van der Waals surface area contributed by atoms with Crippen molar-refractivity contribution in [1.82, 2.24) is 0 Å². The zero-order valence-electron chi connectivity index (χ0n) is 28.9. The van der Waals surface area contributed by atoms with Gasteiger partial charge in [0.25, 0.3) is 0 Å². The second kappa shape index (κ2) is 35.7. The van der Waals surface area contributed by atoms with E-state index in [1.807, 2.05) is 0 Å². The highest BCUT2D eigenvalue weighted by molar-refractivity contribution is 5.69. The Morgan fingerprint density at radius 1 is 0.439 bits per heavy atom. The molecular weight excluding hydrogens is 500 g/mol. The van der Waals surface area contributed by atoms with Gasteiger partial charge >= 0.3 is 5.97 Å². The molecule has 0 aliphatic rings. The van der Waals surface area contributed by atoms with E-state index in [1.165, 1.54) is 193 Å². The molecule has 0 radical (unpaired) electrons. The Kier molecular flexibility index (Phi) is 35.2. The lowest BCUT2D eigenvalue weighted by Crippen LogP contribution is -2.05. The largest absolute Gasteiger partial charge is 0.466 e. The lowest BCUT2D eigenvalue weighted by molar-refractivity contribution is -0.143. The van der Waals surface area contributed by atoms with Gasteiger partial charge in [0, 0.05) is 6.42 Å². The van der Waals surface area contributed by atoms with Crippen molar-refractivity contribution in [2.24, 2.45) is 5.92 Å². The lowest BCUT2D eigenvalue weighted by atomic mass is 9.99. The van der Waals surface area contributed by atoms with Crippen molar-refractivity contribution >= 4 is 5.97 Å². The molecule has 0 aliphatic carbocycles. The van der Waals surface area contributed by atoms with Crippen LogP contribution >= 0.6 is 0 Å². The first kappa shape index (κ1) is 40.5. The van der Waals surface area contributed by atoms with E-state index in [0.717, 1.165) is 18.8 Å². The molecule has 0 aliphatic heterocycles. The van der Waals surface area contributed by atoms with E-state index in [4.69, 9.17) is 4.74 Å². The maximum Gasteiger partial charge on any atom is 0.305 e. The smallest absolute Gasteiger partial charge is 0.305 e. The Labute approximate surface area is 260 Å². The second-order valence-corrected chi connectivity index (χ2v) is 13.5. The molecule has 0 bridgehead atoms. The van der Waals surface area contributed by atoms with E-state index in [9.17, 15) is 4.79 Å². The van der Waals surface area contributed by atoms with Crippen LogP contribution in [0.1, 0.15) is 233 Å². The van der Waals surface area contributed by atoms with Crippen LogP contribution in [-0.4, -0.2) is 12.6 Å². The van der Waals surface area contributed by atoms with Gasteiger partial charge in [0.1, 0.15) is 0 Å². The van der Waals surface area contributed by atoms with E-state index in [2.05, 4.69) is 20.8 Å². The highest BCUT2D eigenvalue weighted by atomic mass is 16.5. The summed E-state index contributed by atoms with van der Waals surface area (Å²) >= 11 is 0. The van der Waals surface area contributed by atoms with Gasteiger partial charge in [-0.1, -0.05) is 213 Å². The topological polar surface area (TPSA) is 26.3 Å². The second-order valence-electron chi connectivity index (χ2n) is 13.5. The van der Waals surface area contributed by atoms with Gasteiger partial charge in [-0.15, -0.1) is 0 Å². The quantitative estimate of drug-likeness (QED) is 0.0552. The maximum absolute atomic E-state index is 11.9. The van der Waals surface area contributed by atoms with Crippen LogP contribution in [0, 0.1) is 5.92 Å². The monoisotopic (exact) mass is 579 g/mol. The molecule has 0 saturated carbocycles. The molecule has 0 spiro atoms. The van der Waals surface area contributed by atoms with Gasteiger partial charge in [-0.2, -0.15) is 0 Å². The van der Waals surface area contributed by atoms with E-state index < -0.39 is 0 Å². The van der Waals surface area contributed by atoms with E-state index in [1.54, 1.807) is 0 Å². The molecule has 246 valence electrons. The van der Waals surface area contributed by atoms with Crippen LogP contribution in [0.2, 0.25) is 0 Å². The van der Waals surface area contributed by atoms with Crippen LogP contribution in [-0.2, 0) is 9.53 Å². The van der Waals surface area contributed by atoms with Gasteiger partial charge in [0.05, 0.1) is 6.61 Å². The number of hydrogen-bond acceptors (Lipinski definition) is 2. The fourth-order valence-electron chi connectivity index (χ4n) is 6.00. The fourth-order valence-corrected chi connectivity index (χ4v) is 6.00. The van der Waals surface area contributed by atoms with Gasteiger partial charge in [-0.05, 0) is 18.8 Å². The molecule has 0 N–H and O–H groups in total. The maximum atomic E-state index is 11.9. The zero-order chi connectivity index (χ0) is 29.9. The molecule has 0 aromatic heterocycles. The van der Waals surface area contributed by atoms with Gasteiger partial charge in [0.2, 0.25) is 0 Å². The predicted octanol–water partition coefficient (Wildman–Crippen LogP) is 14.1. The van der Waals surface area contributed by atoms with Gasteiger partial charge < -0.3 is 4.74 Å². The number of carbonyl (C=O) groups is 1. The summed E-state index contributed by atoms with van der Waals surface area (Å²) in [5, 5.41) is 0. The van der Waals surface area contributed by atoms with Crippen molar-refractivity contribution in [2.45, 2.75) is 233 Å². The van der Waals surface area contributed by atoms with E-state index in [0.29, 0.717) is 13.0 Å². The molecular formula is C39H78O2. The van der Waals surface area contributed by atoms with Gasteiger partial charge in [-0.25, -0.2) is 0 Å². The summed E-state index contributed by atoms with van der Waals surface area (Å²) in [5.74, 6) is 0.961. The number of ether oxygens (including phenoxy) is 1. The number of unbranched alkanes of at least 4 members (excludes halogenated alkanes) is 28. The first-order chi connectivity index (χ1) is 20.2. The summed E-state index contributed by atoms with van der Waals surface area (Å²) < 4.78 is 5.43. The molecule has 1 unspecified atom stereocenters. The van der Waals surface area contributed by atoms with Crippen molar-refractivity contribution in [2.75, 3.05) is 6.61 Å². The molecule has 0 fully saturated rings. The van der Waals surface area contributed by atoms with Crippen LogP contribution in [0.3, 0.4) is 0 Å². The zero-order valence-corrected chi connectivity index (χ0v) is 28.9. The number of carbonyl (C=O) groups excluding carboxylic acids is 1. The fraction of sp³-hybridized carbons (Fsp3) is 0.974. The number of rotatable bonds is 35. The molecule has 2 heteroatoms. The normalized spacial score (nSPS) is 12.2. The minimum atomic E-state index is 0.0248. The molecule has 0 aromatic carbocycles. The lowest BCUT2D eigenvalue weighted by Gasteiger charge is -2.07. The van der Waals surface area contributed by atoms with Crippen LogP contribution in [0.15, 0.2) is 0 Å². The van der Waals surface area contributed by atoms with Gasteiger partial charge in [0.15, 0.2) is 0 Å². The molecule has 0 heterocycles. The Balaban J connectivity index is 3.13. The Morgan fingerprint density at radius 3 is 1.12 bits per heavy atom. The minimum absolute atomic E-state index is 0.0248. The van der Waals surface area contributed by atoms with Crippen molar-refractivity contribution in [1.29, 1.82) is 0 Å². The molecule has 0 rings (SSSR count). The van der Waals surface area contributed by atoms with Crippen molar-refractivity contribution in [3.05, 3.63) is 0 Å². The SMILES string of the molecule is CCCCCCCCCCCC(=O)OCCCCCCCCCCCCCCCCCCCCCCCC(C)CC. The summed E-state index contributed by atoms with van der Waals surface area (Å²) in [7, 11) is 0. The molecule has 0 aromatic rings. The molecule has 2 nitrogen and oxygen atoms in total. The summed E-state index contributed by atoms with van der Waals surface area (Å²) in [6.45, 7) is 7.62. The molecule has 1 atom stereocenters. The van der Waals surface area contributed by atoms with Crippen molar-refractivity contribution in [3.63, 3.8) is 0 Å². The number of hydrogen-bond donors (Lipinski definition) is 0. The van der Waals surface area contributed by atoms with E-state index in [-0.39, 0.29) is 5.97 Å². The first-order valence-electron chi connectivity index (χ1n) is 19.4. The average molecular weight is 579 g/mol. The first-order valence-corrected chi connectivity index (χ1v) is 19.4. The third kappa shape index (κ3) is 35.6. The third-order valence-electron chi connectivity index (χ3n) is 9.29. The van der Waals surface area contributed by atoms with Crippen LogP contribution < -0.4 is 0 Å². The Bertz CT molecular complexity index is 488. The van der Waals surface area contributed by atoms with E-state index >= 15 is 0 Å². The number of esters is 1. The molecule has 0 amide bonds. The van der Waals surface area contributed by atoms with Gasteiger partial charge in [-0.3, -0.25) is 4.79 Å². The highest BCUT2D eigenvalue weighted by Crippen LogP contribution is 2.17. The predicted molar refractivity (Wildman–Crippen MR) is 184 cm³/mol. The summed E-state index contributed by atoms with van der Waals surface area (Å²) in [6.07, 6.45) is 44.6.